The molecule has 2 fully saturated rings. The maximum Gasteiger partial charge on any atom is 0.630 e. The Labute approximate surface area is 174 Å². The van der Waals surface area contributed by atoms with Crippen LogP contribution in [-0.4, -0.2) is 48.6 Å². The third kappa shape index (κ3) is 5.00. The quantitative estimate of drug-likeness (QED) is 0.676. The van der Waals surface area contributed by atoms with Crippen LogP contribution in [0, 0.1) is 0 Å². The summed E-state index contributed by atoms with van der Waals surface area (Å²) < 4.78 is 36.6. The first-order chi connectivity index (χ1) is 14.2. The summed E-state index contributed by atoms with van der Waals surface area (Å²) in [6.45, 7) is 5.19. The van der Waals surface area contributed by atoms with Crippen LogP contribution in [0.25, 0.3) is 0 Å². The molecule has 0 N–H and O–H groups in total. The van der Waals surface area contributed by atoms with Crippen LogP contribution in [0.15, 0.2) is 60.7 Å². The Bertz CT molecular complexity index is 703. The fraction of sp³-hybridized carbons (Fsp3) is 0.400. The molecule has 6 nitrogen and oxygen atoms in total. The maximum absolute atomic E-state index is 6.57. The summed E-state index contributed by atoms with van der Waals surface area (Å²) in [4.78, 5) is 0. The van der Waals surface area contributed by atoms with Crippen LogP contribution in [0.2, 0.25) is 0 Å². The normalized spacial score (nSPS) is 23.2. The Morgan fingerprint density at radius 1 is 0.724 bits per heavy atom. The molecule has 0 aromatic heterocycles. The van der Waals surface area contributed by atoms with Crippen molar-refractivity contribution in [1.29, 1.82) is 0 Å². The van der Waals surface area contributed by atoms with E-state index in [1.807, 2.05) is 74.5 Å². The molecular weight excluding hydrogens is 386 g/mol. The van der Waals surface area contributed by atoms with E-state index in [9.17, 15) is 0 Å². The van der Waals surface area contributed by atoms with Gasteiger partial charge >= 0.3 is 23.2 Å². The summed E-state index contributed by atoms with van der Waals surface area (Å²) >= 11 is 0. The van der Waals surface area contributed by atoms with E-state index in [0.717, 1.165) is 23.2 Å². The lowest BCUT2D eigenvalue weighted by atomic mass is 10.1. The average Bonchev–Trinajstić information content (AvgIpc) is 2.75. The van der Waals surface area contributed by atoms with E-state index >= 15 is 0 Å². The van der Waals surface area contributed by atoms with E-state index in [4.69, 9.17) is 27.3 Å². The van der Waals surface area contributed by atoms with Gasteiger partial charge in [0.25, 0.3) is 0 Å². The highest BCUT2D eigenvalue weighted by molar-refractivity contribution is 6.97. The molecular formula is C20H26B2O6Si. The number of benzene rings is 2. The minimum atomic E-state index is -3.28. The zero-order chi connectivity index (χ0) is 20.1. The molecule has 0 spiro atoms. The lowest BCUT2D eigenvalue weighted by Crippen LogP contribution is -2.69. The van der Waals surface area contributed by atoms with E-state index in [1.54, 1.807) is 0 Å². The summed E-state index contributed by atoms with van der Waals surface area (Å²) in [5.74, 6) is 0. The molecule has 0 bridgehead atoms. The van der Waals surface area contributed by atoms with Gasteiger partial charge in [-0.1, -0.05) is 60.7 Å². The standard InChI is InChI=1S/C20H26B2O6Si/c1-17-13-15-23-21(25-17)27-29(19-9-5-3-6-10-19,20-11-7-4-8-12-20)28-22-24-16-14-18(2)26-22/h3-12,17-18H,13-16H2,1-2H3. The minimum absolute atomic E-state index is 0.0502. The molecule has 0 saturated carbocycles. The minimum Gasteiger partial charge on any atom is -0.400 e. The molecule has 2 heterocycles. The van der Waals surface area contributed by atoms with Gasteiger partial charge in [-0.2, -0.15) is 0 Å². The van der Waals surface area contributed by atoms with Crippen LogP contribution < -0.4 is 10.4 Å². The van der Waals surface area contributed by atoms with Gasteiger partial charge in [0.1, 0.15) is 0 Å². The van der Waals surface area contributed by atoms with Crippen molar-refractivity contribution in [3.8, 4) is 0 Å². The molecule has 9 heteroatoms. The zero-order valence-electron chi connectivity index (χ0n) is 16.9. The zero-order valence-corrected chi connectivity index (χ0v) is 17.9. The van der Waals surface area contributed by atoms with Gasteiger partial charge in [0, 0.05) is 25.4 Å². The molecule has 4 rings (SSSR count). The third-order valence-corrected chi connectivity index (χ3v) is 8.31. The Morgan fingerprint density at radius 3 is 1.52 bits per heavy atom. The Morgan fingerprint density at radius 2 is 1.14 bits per heavy atom. The van der Waals surface area contributed by atoms with Crippen LogP contribution in [0.4, 0.5) is 0 Å². The summed E-state index contributed by atoms with van der Waals surface area (Å²) in [5.41, 5.74) is 0. The number of hydrogen-bond acceptors (Lipinski definition) is 6. The van der Waals surface area contributed by atoms with Gasteiger partial charge in [-0.05, 0) is 37.1 Å². The molecule has 2 atom stereocenters. The van der Waals surface area contributed by atoms with Gasteiger partial charge in [-0.25, -0.2) is 0 Å². The second-order valence-corrected chi connectivity index (χ2v) is 10.2. The van der Waals surface area contributed by atoms with Gasteiger partial charge in [0.15, 0.2) is 0 Å². The maximum atomic E-state index is 6.57. The smallest absolute Gasteiger partial charge is 0.400 e. The first-order valence-corrected chi connectivity index (χ1v) is 12.0. The van der Waals surface area contributed by atoms with E-state index in [2.05, 4.69) is 0 Å². The molecule has 2 aliphatic heterocycles. The van der Waals surface area contributed by atoms with Crippen molar-refractivity contribution >= 4 is 33.6 Å². The molecule has 29 heavy (non-hydrogen) atoms. The topological polar surface area (TPSA) is 55.4 Å². The second-order valence-electron chi connectivity index (χ2n) is 7.37. The molecule has 2 aromatic carbocycles. The van der Waals surface area contributed by atoms with Crippen molar-refractivity contribution < 1.29 is 27.3 Å². The van der Waals surface area contributed by atoms with Gasteiger partial charge < -0.3 is 27.3 Å². The Kier molecular flexibility index (Phi) is 6.87. The number of hydrogen-bond donors (Lipinski definition) is 0. The predicted octanol–water partition coefficient (Wildman–Crippen LogP) is 1.90. The summed E-state index contributed by atoms with van der Waals surface area (Å²) in [6.07, 6.45) is 1.76. The Hall–Kier alpha value is -1.45. The monoisotopic (exact) mass is 412 g/mol. The predicted molar refractivity (Wildman–Crippen MR) is 114 cm³/mol. The van der Waals surface area contributed by atoms with Crippen LogP contribution >= 0.6 is 0 Å². The molecule has 0 amide bonds. The van der Waals surface area contributed by atoms with Crippen molar-refractivity contribution in [2.24, 2.45) is 0 Å². The lowest BCUT2D eigenvalue weighted by molar-refractivity contribution is 0.0238. The number of rotatable bonds is 6. The van der Waals surface area contributed by atoms with Crippen molar-refractivity contribution in [2.45, 2.75) is 38.9 Å². The highest BCUT2D eigenvalue weighted by Crippen LogP contribution is 2.20. The van der Waals surface area contributed by atoms with E-state index in [1.165, 1.54) is 0 Å². The average molecular weight is 412 g/mol. The summed E-state index contributed by atoms with van der Waals surface area (Å²) in [7, 11) is -4.91. The van der Waals surface area contributed by atoms with Crippen molar-refractivity contribution in [3.05, 3.63) is 60.7 Å². The molecule has 0 radical (unpaired) electrons. The Balaban J connectivity index is 1.74. The second kappa shape index (κ2) is 9.57. The molecule has 2 aromatic rings. The van der Waals surface area contributed by atoms with E-state index in [0.29, 0.717) is 13.2 Å². The first kappa shape index (κ1) is 20.8. The van der Waals surface area contributed by atoms with Crippen molar-refractivity contribution in [1.82, 2.24) is 0 Å². The molecule has 0 aliphatic carbocycles. The van der Waals surface area contributed by atoms with Crippen LogP contribution in [0.1, 0.15) is 26.7 Å². The highest BCUT2D eigenvalue weighted by atomic mass is 28.4. The van der Waals surface area contributed by atoms with Gasteiger partial charge in [0.2, 0.25) is 0 Å². The van der Waals surface area contributed by atoms with E-state index in [-0.39, 0.29) is 12.2 Å². The lowest BCUT2D eigenvalue weighted by Gasteiger charge is -2.38. The van der Waals surface area contributed by atoms with E-state index < -0.39 is 23.2 Å². The highest BCUT2D eigenvalue weighted by Gasteiger charge is 2.52. The fourth-order valence-electron chi connectivity index (χ4n) is 3.43. The van der Waals surface area contributed by atoms with Crippen LogP contribution in [-0.2, 0) is 27.3 Å². The van der Waals surface area contributed by atoms with Crippen molar-refractivity contribution in [2.75, 3.05) is 13.2 Å². The molecule has 2 saturated heterocycles. The van der Waals surface area contributed by atoms with Crippen molar-refractivity contribution in [3.63, 3.8) is 0 Å². The van der Waals surface area contributed by atoms with Gasteiger partial charge in [0.05, 0.1) is 0 Å². The third-order valence-electron chi connectivity index (χ3n) is 5.08. The molecule has 152 valence electrons. The fourth-order valence-corrected chi connectivity index (χ4v) is 6.42. The largest absolute Gasteiger partial charge is 0.630 e. The van der Waals surface area contributed by atoms with Gasteiger partial charge in [-0.15, -0.1) is 0 Å². The summed E-state index contributed by atoms with van der Waals surface area (Å²) in [5, 5.41) is 1.86. The molecule has 2 aliphatic rings. The molecule has 2 unspecified atom stereocenters. The van der Waals surface area contributed by atoms with Crippen LogP contribution in [0.3, 0.4) is 0 Å². The van der Waals surface area contributed by atoms with Crippen LogP contribution in [0.5, 0.6) is 0 Å². The van der Waals surface area contributed by atoms with Gasteiger partial charge in [-0.3, -0.25) is 0 Å². The SMILES string of the molecule is CC1CCOB(O[Si](OB2OCCC(C)O2)(c2ccccc2)c2ccccc2)O1. The summed E-state index contributed by atoms with van der Waals surface area (Å²) in [6, 6.07) is 19.9. The first-order valence-electron chi connectivity index (χ1n) is 10.2.